The van der Waals surface area contributed by atoms with Crippen LogP contribution in [0.3, 0.4) is 0 Å². The van der Waals surface area contributed by atoms with Crippen LogP contribution >= 0.6 is 0 Å². The van der Waals surface area contributed by atoms with Crippen LogP contribution in [0.25, 0.3) is 11.1 Å². The lowest BCUT2D eigenvalue weighted by molar-refractivity contribution is -0.142. The third kappa shape index (κ3) is 6.82. The molecule has 44 heavy (non-hydrogen) atoms. The first-order valence-electron chi connectivity index (χ1n) is 14.3. The molecule has 3 amide bonds. The highest BCUT2D eigenvalue weighted by Gasteiger charge is 2.40. The lowest BCUT2D eigenvalue weighted by Gasteiger charge is -2.31. The summed E-state index contributed by atoms with van der Waals surface area (Å²) in [6.45, 7) is 5.86. The van der Waals surface area contributed by atoms with Gasteiger partial charge in [0.2, 0.25) is 29.4 Å². The molecule has 1 aromatic carbocycles. The number of carbonyl (C=O) groups is 5. The molecule has 1 aliphatic heterocycles. The summed E-state index contributed by atoms with van der Waals surface area (Å²) in [6, 6.07) is 4.02. The number of Topliss-reactive ketones (excluding diaryl/α,β-unsaturated/α-hetero) is 1. The van der Waals surface area contributed by atoms with Crippen LogP contribution < -0.4 is 16.3 Å². The predicted octanol–water partition coefficient (Wildman–Crippen LogP) is 0.737. The number of nitrogens with zero attached hydrogens (tertiary/aromatic N) is 4. The lowest BCUT2D eigenvalue weighted by atomic mass is 9.98. The van der Waals surface area contributed by atoms with Crippen molar-refractivity contribution in [1.82, 2.24) is 29.7 Å². The molecule has 2 aromatic heterocycles. The molecule has 4 N–H and O–H groups in total. The van der Waals surface area contributed by atoms with E-state index in [9.17, 15) is 33.9 Å². The molecule has 0 radical (unpaired) electrons. The number of amides is 3. The van der Waals surface area contributed by atoms with Crippen LogP contribution in [0.2, 0.25) is 0 Å². The number of imidazole rings is 1. The zero-order valence-corrected chi connectivity index (χ0v) is 24.9. The van der Waals surface area contributed by atoms with Gasteiger partial charge in [0.25, 0.3) is 5.89 Å². The molecule has 3 heterocycles. The van der Waals surface area contributed by atoms with E-state index < -0.39 is 78.2 Å². The summed E-state index contributed by atoms with van der Waals surface area (Å²) in [5, 5.41) is 24.2. The van der Waals surface area contributed by atoms with Crippen LogP contribution in [0.15, 0.2) is 39.7 Å². The molecule has 0 bridgehead atoms. The number of carbonyl (C=O) groups excluding carboxylic acids is 4. The van der Waals surface area contributed by atoms with Crippen molar-refractivity contribution < 1.29 is 38.6 Å². The van der Waals surface area contributed by atoms with E-state index in [0.29, 0.717) is 28.5 Å². The highest BCUT2D eigenvalue weighted by atomic mass is 16.4. The summed E-state index contributed by atoms with van der Waals surface area (Å²) in [7, 11) is 0. The van der Waals surface area contributed by atoms with Gasteiger partial charge >= 0.3 is 11.7 Å². The largest absolute Gasteiger partial charge is 0.493 e. The maximum absolute atomic E-state index is 13.7. The second-order valence-electron chi connectivity index (χ2n) is 11.4. The standard InChI is InChI=1S/C29H36N6O9/c1-15(2)23(25(40)27-30-17-8-5-6-10-19(17)44-27)32-26(41)18-9-7-11-34(18)28(42)24(16(3)4)31-20(36)12-33-13-21(37)35(29(33)43)14-22(38)39/h5-6,8,10,13,15-16,18,23-24,37H,7,9,11-12,14H2,1-4H3,(H,31,36)(H,32,41)(H,38,39)/t18-,23-,24-/m0/s1. The summed E-state index contributed by atoms with van der Waals surface area (Å²) in [4.78, 5) is 82.4. The number of likely N-dealkylation sites (tertiary alicyclic amines) is 1. The SMILES string of the molecule is CC(C)[C@H](NC(=O)[C@@H]1CCCN1C(=O)[C@@H](NC(=O)Cn1cc(O)n(CC(=O)O)c1=O)C(C)C)C(=O)c1nc2ccccc2o1. The van der Waals surface area contributed by atoms with Crippen molar-refractivity contribution in [3.8, 4) is 5.88 Å². The topological polar surface area (TPSA) is 206 Å². The summed E-state index contributed by atoms with van der Waals surface area (Å²) >= 11 is 0. The number of oxazole rings is 1. The first-order valence-corrected chi connectivity index (χ1v) is 14.3. The van der Waals surface area contributed by atoms with Gasteiger partial charge in [-0.3, -0.25) is 33.1 Å². The van der Waals surface area contributed by atoms with E-state index in [4.69, 9.17) is 9.52 Å². The molecule has 4 rings (SSSR count). The Morgan fingerprint density at radius 2 is 1.70 bits per heavy atom. The van der Waals surface area contributed by atoms with E-state index in [0.717, 1.165) is 10.8 Å². The fourth-order valence-corrected chi connectivity index (χ4v) is 5.18. The van der Waals surface area contributed by atoms with E-state index in [1.165, 1.54) is 4.90 Å². The zero-order chi connectivity index (χ0) is 32.3. The lowest BCUT2D eigenvalue weighted by Crippen LogP contribution is -2.57. The molecule has 0 unspecified atom stereocenters. The van der Waals surface area contributed by atoms with Crippen molar-refractivity contribution >= 4 is 40.6 Å². The fourth-order valence-electron chi connectivity index (χ4n) is 5.18. The van der Waals surface area contributed by atoms with Gasteiger partial charge in [0.05, 0.1) is 12.2 Å². The normalized spacial score (nSPS) is 16.3. The average Bonchev–Trinajstić information content (AvgIpc) is 3.68. The maximum atomic E-state index is 13.7. The van der Waals surface area contributed by atoms with Crippen molar-refractivity contribution in [2.75, 3.05) is 6.54 Å². The second-order valence-corrected chi connectivity index (χ2v) is 11.4. The molecule has 3 aromatic rings. The Balaban J connectivity index is 1.45. The molecule has 236 valence electrons. The van der Waals surface area contributed by atoms with Crippen LogP contribution in [-0.4, -0.2) is 83.4 Å². The Hall–Kier alpha value is -4.95. The molecule has 0 saturated carbocycles. The average molecular weight is 613 g/mol. The van der Waals surface area contributed by atoms with E-state index in [2.05, 4.69) is 15.6 Å². The van der Waals surface area contributed by atoms with Crippen molar-refractivity contribution in [2.45, 2.75) is 71.8 Å². The number of hydrogen-bond donors (Lipinski definition) is 4. The zero-order valence-electron chi connectivity index (χ0n) is 24.9. The van der Waals surface area contributed by atoms with Crippen molar-refractivity contribution in [3.63, 3.8) is 0 Å². The van der Waals surface area contributed by atoms with E-state index in [-0.39, 0.29) is 18.4 Å². The molecule has 3 atom stereocenters. The molecule has 0 spiro atoms. The third-order valence-corrected chi connectivity index (χ3v) is 7.47. The summed E-state index contributed by atoms with van der Waals surface area (Å²) in [6.07, 6.45) is 1.81. The number of hydrogen-bond acceptors (Lipinski definition) is 9. The van der Waals surface area contributed by atoms with Gasteiger partial charge in [0, 0.05) is 6.54 Å². The number of ketones is 1. The van der Waals surface area contributed by atoms with Crippen LogP contribution in [0.1, 0.15) is 51.2 Å². The van der Waals surface area contributed by atoms with Crippen LogP contribution in [0.5, 0.6) is 5.88 Å². The Bertz CT molecular complexity index is 1600. The van der Waals surface area contributed by atoms with Crippen molar-refractivity contribution in [2.24, 2.45) is 11.8 Å². The summed E-state index contributed by atoms with van der Waals surface area (Å²) < 4.78 is 7.04. The highest BCUT2D eigenvalue weighted by molar-refractivity contribution is 6.01. The molecule has 1 aliphatic rings. The van der Waals surface area contributed by atoms with E-state index in [1.807, 2.05) is 0 Å². The predicted molar refractivity (Wildman–Crippen MR) is 155 cm³/mol. The minimum atomic E-state index is -1.35. The number of aromatic hydroxyl groups is 1. The summed E-state index contributed by atoms with van der Waals surface area (Å²) in [5.74, 6) is -5.06. The van der Waals surface area contributed by atoms with Crippen molar-refractivity contribution in [3.05, 3.63) is 46.8 Å². The van der Waals surface area contributed by atoms with Gasteiger partial charge in [-0.1, -0.05) is 39.8 Å². The summed E-state index contributed by atoms with van der Waals surface area (Å²) in [5.41, 5.74) is 0.0490. The van der Waals surface area contributed by atoms with Gasteiger partial charge in [0.1, 0.15) is 30.7 Å². The quantitative estimate of drug-likeness (QED) is 0.211. The van der Waals surface area contributed by atoms with Gasteiger partial charge < -0.3 is 30.2 Å². The van der Waals surface area contributed by atoms with Gasteiger partial charge in [-0.25, -0.2) is 9.78 Å². The molecular weight excluding hydrogens is 576 g/mol. The van der Waals surface area contributed by atoms with Gasteiger partial charge in [-0.15, -0.1) is 0 Å². The van der Waals surface area contributed by atoms with Gasteiger partial charge in [-0.2, -0.15) is 0 Å². The first-order chi connectivity index (χ1) is 20.8. The molecule has 15 heteroatoms. The third-order valence-electron chi connectivity index (χ3n) is 7.47. The number of fused-ring (bicyclic) bond motifs is 1. The number of aliphatic carboxylic acids is 1. The number of carboxylic acids is 1. The number of benzene rings is 1. The Morgan fingerprint density at radius 3 is 2.34 bits per heavy atom. The number of para-hydroxylation sites is 2. The molecule has 1 fully saturated rings. The highest BCUT2D eigenvalue weighted by Crippen LogP contribution is 2.22. The Kier molecular flexibility index (Phi) is 9.55. The van der Waals surface area contributed by atoms with E-state index >= 15 is 0 Å². The smallest absolute Gasteiger partial charge is 0.332 e. The van der Waals surface area contributed by atoms with Crippen LogP contribution in [0.4, 0.5) is 0 Å². The minimum absolute atomic E-state index is 0.127. The van der Waals surface area contributed by atoms with Crippen molar-refractivity contribution in [1.29, 1.82) is 0 Å². The second kappa shape index (κ2) is 13.1. The Labute approximate surface area is 251 Å². The molecule has 1 saturated heterocycles. The number of aromatic nitrogens is 3. The number of nitrogens with one attached hydrogen (secondary N) is 2. The molecule has 0 aliphatic carbocycles. The maximum Gasteiger partial charge on any atom is 0.332 e. The van der Waals surface area contributed by atoms with E-state index in [1.54, 1.807) is 52.0 Å². The molecular formula is C29H36N6O9. The number of rotatable bonds is 12. The van der Waals surface area contributed by atoms with Gasteiger partial charge in [0.15, 0.2) is 5.58 Å². The van der Waals surface area contributed by atoms with Gasteiger partial charge in [-0.05, 0) is 36.8 Å². The molecule has 15 nitrogen and oxygen atoms in total. The van der Waals surface area contributed by atoms with Crippen LogP contribution in [-0.2, 0) is 32.3 Å². The number of carboxylic acid groups (broad SMARTS) is 1. The fraction of sp³-hybridized carbons (Fsp3) is 0.483. The Morgan fingerprint density at radius 1 is 1.02 bits per heavy atom. The van der Waals surface area contributed by atoms with Crippen LogP contribution in [0, 0.1) is 11.8 Å². The monoisotopic (exact) mass is 612 g/mol. The minimum Gasteiger partial charge on any atom is -0.493 e. The first kappa shape index (κ1) is 32.0.